The van der Waals surface area contributed by atoms with Crippen molar-refractivity contribution in [3.8, 4) is 0 Å². The standard InChI is InChI=1S/C15H24O3/c1-11-6-4-8-12(14(17)18)10-13(16)15(2,3)9-5-7-11/h6,10,13,16H,4-5,7-9H2,1-3H3,(H,17,18). The molecular weight excluding hydrogens is 228 g/mol. The van der Waals surface area contributed by atoms with Gasteiger partial charge in [-0.3, -0.25) is 0 Å². The molecule has 0 saturated heterocycles. The molecule has 18 heavy (non-hydrogen) atoms. The van der Waals surface area contributed by atoms with Gasteiger partial charge in [-0.2, -0.15) is 0 Å². The molecule has 0 heterocycles. The van der Waals surface area contributed by atoms with Crippen molar-refractivity contribution in [2.75, 3.05) is 0 Å². The van der Waals surface area contributed by atoms with E-state index in [1.54, 1.807) is 0 Å². The first-order valence-electron chi connectivity index (χ1n) is 6.60. The number of allylic oxidation sites excluding steroid dienone is 2. The third-order valence-corrected chi connectivity index (χ3v) is 3.73. The molecule has 2 N–H and O–H groups in total. The Morgan fingerprint density at radius 3 is 2.67 bits per heavy atom. The average molecular weight is 252 g/mol. The maximum Gasteiger partial charge on any atom is 0.331 e. The molecule has 0 saturated carbocycles. The molecule has 1 unspecified atom stereocenters. The third kappa shape index (κ3) is 4.30. The summed E-state index contributed by atoms with van der Waals surface area (Å²) in [4.78, 5) is 11.1. The maximum absolute atomic E-state index is 11.1. The van der Waals surface area contributed by atoms with E-state index in [1.165, 1.54) is 11.6 Å². The monoisotopic (exact) mass is 252 g/mol. The van der Waals surface area contributed by atoms with Gasteiger partial charge in [0.1, 0.15) is 0 Å². The lowest BCUT2D eigenvalue weighted by Gasteiger charge is -2.29. The second kappa shape index (κ2) is 6.19. The minimum Gasteiger partial charge on any atom is -0.478 e. The fourth-order valence-corrected chi connectivity index (χ4v) is 2.22. The molecule has 0 aromatic carbocycles. The molecule has 0 aliphatic heterocycles. The van der Waals surface area contributed by atoms with E-state index in [9.17, 15) is 9.90 Å². The minimum absolute atomic E-state index is 0.272. The largest absolute Gasteiger partial charge is 0.478 e. The topological polar surface area (TPSA) is 57.5 Å². The molecule has 0 amide bonds. The molecular formula is C15H24O3. The van der Waals surface area contributed by atoms with Crippen molar-refractivity contribution in [1.29, 1.82) is 0 Å². The van der Waals surface area contributed by atoms with Gasteiger partial charge in [0.25, 0.3) is 0 Å². The zero-order valence-corrected chi connectivity index (χ0v) is 11.6. The molecule has 0 aromatic rings. The van der Waals surface area contributed by atoms with Crippen molar-refractivity contribution >= 4 is 5.97 Å². The van der Waals surface area contributed by atoms with Crippen LogP contribution in [0.25, 0.3) is 0 Å². The number of aliphatic hydroxyl groups excluding tert-OH is 1. The zero-order valence-electron chi connectivity index (χ0n) is 11.6. The maximum atomic E-state index is 11.1. The first-order chi connectivity index (χ1) is 8.33. The molecule has 1 rings (SSSR count). The van der Waals surface area contributed by atoms with E-state index < -0.39 is 12.1 Å². The first kappa shape index (κ1) is 15.0. The molecule has 0 aromatic heterocycles. The summed E-state index contributed by atoms with van der Waals surface area (Å²) in [5.41, 5.74) is 1.36. The number of aliphatic hydroxyl groups is 1. The highest BCUT2D eigenvalue weighted by molar-refractivity contribution is 5.86. The number of hydrogen-bond donors (Lipinski definition) is 2. The summed E-state index contributed by atoms with van der Waals surface area (Å²) in [7, 11) is 0. The van der Waals surface area contributed by atoms with Crippen LogP contribution in [-0.2, 0) is 4.79 Å². The first-order valence-corrected chi connectivity index (χ1v) is 6.60. The van der Waals surface area contributed by atoms with Crippen molar-refractivity contribution in [3.63, 3.8) is 0 Å². The highest BCUT2D eigenvalue weighted by Gasteiger charge is 2.27. The van der Waals surface area contributed by atoms with Gasteiger partial charge in [0.05, 0.1) is 6.10 Å². The molecule has 1 aliphatic rings. The molecule has 3 nitrogen and oxygen atoms in total. The smallest absolute Gasteiger partial charge is 0.331 e. The number of rotatable bonds is 1. The molecule has 0 spiro atoms. The summed E-state index contributed by atoms with van der Waals surface area (Å²) in [5, 5.41) is 19.3. The molecule has 0 radical (unpaired) electrons. The van der Waals surface area contributed by atoms with Gasteiger partial charge < -0.3 is 10.2 Å². The molecule has 0 bridgehead atoms. The van der Waals surface area contributed by atoms with Gasteiger partial charge in [-0.1, -0.05) is 25.5 Å². The molecule has 102 valence electrons. The van der Waals surface area contributed by atoms with Gasteiger partial charge in [0.15, 0.2) is 0 Å². The van der Waals surface area contributed by atoms with Crippen molar-refractivity contribution in [3.05, 3.63) is 23.3 Å². The van der Waals surface area contributed by atoms with Gasteiger partial charge >= 0.3 is 5.97 Å². The fraction of sp³-hybridized carbons (Fsp3) is 0.667. The fourth-order valence-electron chi connectivity index (χ4n) is 2.22. The van der Waals surface area contributed by atoms with E-state index in [0.717, 1.165) is 25.7 Å². The van der Waals surface area contributed by atoms with Crippen LogP contribution in [-0.4, -0.2) is 22.3 Å². The van der Waals surface area contributed by atoms with Crippen LogP contribution in [0.4, 0.5) is 0 Å². The number of carbonyl (C=O) groups is 1. The normalized spacial score (nSPS) is 25.7. The van der Waals surface area contributed by atoms with E-state index in [-0.39, 0.29) is 5.41 Å². The lowest BCUT2D eigenvalue weighted by molar-refractivity contribution is -0.132. The Morgan fingerprint density at radius 1 is 1.39 bits per heavy atom. The van der Waals surface area contributed by atoms with E-state index in [2.05, 4.69) is 13.0 Å². The van der Waals surface area contributed by atoms with Crippen LogP contribution in [0.2, 0.25) is 0 Å². The van der Waals surface area contributed by atoms with E-state index >= 15 is 0 Å². The van der Waals surface area contributed by atoms with Crippen LogP contribution in [0.1, 0.15) is 52.9 Å². The number of aliphatic carboxylic acids is 1. The highest BCUT2D eigenvalue weighted by atomic mass is 16.4. The Kier molecular flexibility index (Phi) is 5.15. The van der Waals surface area contributed by atoms with Gasteiger partial charge in [0.2, 0.25) is 0 Å². The lowest BCUT2D eigenvalue weighted by Crippen LogP contribution is -2.28. The van der Waals surface area contributed by atoms with E-state index in [0.29, 0.717) is 12.0 Å². The van der Waals surface area contributed by atoms with Crippen molar-refractivity contribution in [2.24, 2.45) is 5.41 Å². The molecule has 1 atom stereocenters. The number of carboxylic acid groups (broad SMARTS) is 1. The van der Waals surface area contributed by atoms with Crippen LogP contribution in [0.5, 0.6) is 0 Å². The number of hydrogen-bond acceptors (Lipinski definition) is 2. The Labute approximate surface area is 109 Å². The summed E-state index contributed by atoms with van der Waals surface area (Å²) in [6.45, 7) is 6.07. The van der Waals surface area contributed by atoms with E-state index in [4.69, 9.17) is 5.11 Å². The molecule has 3 heteroatoms. The van der Waals surface area contributed by atoms with Crippen molar-refractivity contribution in [1.82, 2.24) is 0 Å². The Hall–Kier alpha value is -1.09. The van der Waals surface area contributed by atoms with Crippen LogP contribution < -0.4 is 0 Å². The van der Waals surface area contributed by atoms with Gasteiger partial charge in [-0.25, -0.2) is 4.79 Å². The third-order valence-electron chi connectivity index (χ3n) is 3.73. The predicted molar refractivity (Wildman–Crippen MR) is 72.3 cm³/mol. The minimum atomic E-state index is -0.921. The van der Waals surface area contributed by atoms with Gasteiger partial charge in [-0.05, 0) is 50.5 Å². The highest BCUT2D eigenvalue weighted by Crippen LogP contribution is 2.31. The summed E-state index contributed by atoms with van der Waals surface area (Å²) in [6.07, 6.45) is 7.11. The van der Waals surface area contributed by atoms with Gasteiger partial charge in [0, 0.05) is 5.57 Å². The second-order valence-corrected chi connectivity index (χ2v) is 5.87. The summed E-state index contributed by atoms with van der Waals surface area (Å²) in [5.74, 6) is -0.921. The Morgan fingerprint density at radius 2 is 2.06 bits per heavy atom. The summed E-state index contributed by atoms with van der Waals surface area (Å²) >= 11 is 0. The Balaban J connectivity index is 2.97. The quantitative estimate of drug-likeness (QED) is 0.704. The van der Waals surface area contributed by atoms with Crippen molar-refractivity contribution < 1.29 is 15.0 Å². The van der Waals surface area contributed by atoms with Crippen LogP contribution in [0.15, 0.2) is 23.3 Å². The predicted octanol–water partition coefficient (Wildman–Crippen LogP) is 3.29. The van der Waals surface area contributed by atoms with Crippen LogP contribution in [0.3, 0.4) is 0 Å². The van der Waals surface area contributed by atoms with Crippen LogP contribution in [0, 0.1) is 5.41 Å². The Bertz CT molecular complexity index is 364. The summed E-state index contributed by atoms with van der Waals surface area (Å²) in [6, 6.07) is 0. The molecule has 0 fully saturated rings. The van der Waals surface area contributed by atoms with E-state index in [1.807, 2.05) is 13.8 Å². The lowest BCUT2D eigenvalue weighted by atomic mass is 9.80. The SMILES string of the molecule is CC1=CCCC(C(=O)O)=CC(O)C(C)(C)CCC1. The number of carboxylic acids is 1. The van der Waals surface area contributed by atoms with Gasteiger partial charge in [-0.15, -0.1) is 0 Å². The summed E-state index contributed by atoms with van der Waals surface area (Å²) < 4.78 is 0. The zero-order chi connectivity index (χ0) is 13.8. The average Bonchev–Trinajstić information content (AvgIpc) is 2.27. The van der Waals surface area contributed by atoms with Crippen LogP contribution >= 0.6 is 0 Å². The van der Waals surface area contributed by atoms with Crippen molar-refractivity contribution in [2.45, 2.75) is 59.0 Å². The second-order valence-electron chi connectivity index (χ2n) is 5.87. The molecule has 1 aliphatic carbocycles.